The molecule has 1 heterocycles. The van der Waals surface area contributed by atoms with Gasteiger partial charge in [0.25, 0.3) is 14.2 Å². The summed E-state index contributed by atoms with van der Waals surface area (Å²) in [7, 11) is 1.37. The molecule has 0 radical (unpaired) electrons. The van der Waals surface area contributed by atoms with E-state index in [0.717, 1.165) is 0 Å². The molecule has 0 bridgehead atoms. The first-order valence-corrected chi connectivity index (χ1v) is 6.01. The Labute approximate surface area is 81.2 Å². The normalized spacial score (nSPS) is 12.4. The van der Waals surface area contributed by atoms with Crippen molar-refractivity contribution in [3.63, 3.8) is 0 Å². The van der Waals surface area contributed by atoms with Crippen LogP contribution in [0.1, 0.15) is 25.7 Å². The molecule has 0 aromatic carbocycles. The minimum Gasteiger partial charge on any atom is -0.299 e. The topological polar surface area (TPSA) is 64.8 Å². The van der Waals surface area contributed by atoms with E-state index in [4.69, 9.17) is 10.7 Å². The van der Waals surface area contributed by atoms with E-state index in [1.807, 2.05) is 13.8 Å². The van der Waals surface area contributed by atoms with Gasteiger partial charge in [-0.3, -0.25) is 4.57 Å². The van der Waals surface area contributed by atoms with Crippen LogP contribution in [-0.2, 0) is 9.05 Å². The van der Waals surface area contributed by atoms with Gasteiger partial charge in [0.15, 0.2) is 0 Å². The standard InChI is InChI=1S/C6H10ClN3O2S/c1-4(2)10-5(3)8-9-6(10)13(7,11)12/h4H,1-3H3. The summed E-state index contributed by atoms with van der Waals surface area (Å²) in [6.45, 7) is 5.35. The minimum atomic E-state index is -3.80. The zero-order chi connectivity index (χ0) is 10.2. The molecular formula is C6H10ClN3O2S. The molecule has 5 nitrogen and oxygen atoms in total. The van der Waals surface area contributed by atoms with E-state index in [-0.39, 0.29) is 11.2 Å². The molecule has 0 N–H and O–H groups in total. The average Bonchev–Trinajstić information content (AvgIpc) is 2.28. The van der Waals surface area contributed by atoms with E-state index in [0.29, 0.717) is 5.82 Å². The van der Waals surface area contributed by atoms with Gasteiger partial charge in [0, 0.05) is 16.7 Å². The Bertz CT molecular complexity index is 410. The molecular weight excluding hydrogens is 214 g/mol. The Hall–Kier alpha value is -0.620. The number of hydrogen-bond donors (Lipinski definition) is 0. The van der Waals surface area contributed by atoms with Crippen molar-refractivity contribution in [2.45, 2.75) is 32.0 Å². The van der Waals surface area contributed by atoms with Crippen molar-refractivity contribution >= 4 is 19.7 Å². The van der Waals surface area contributed by atoms with Gasteiger partial charge < -0.3 is 0 Å². The van der Waals surface area contributed by atoms with Crippen LogP contribution in [0.5, 0.6) is 0 Å². The van der Waals surface area contributed by atoms with Crippen LogP contribution in [0.2, 0.25) is 0 Å². The quantitative estimate of drug-likeness (QED) is 0.705. The van der Waals surface area contributed by atoms with Gasteiger partial charge in [-0.25, -0.2) is 8.42 Å². The fourth-order valence-corrected chi connectivity index (χ4v) is 2.14. The van der Waals surface area contributed by atoms with Crippen molar-refractivity contribution in [1.29, 1.82) is 0 Å². The molecule has 0 fully saturated rings. The number of aryl methyl sites for hydroxylation is 1. The van der Waals surface area contributed by atoms with Gasteiger partial charge >= 0.3 is 0 Å². The van der Waals surface area contributed by atoms with E-state index >= 15 is 0 Å². The summed E-state index contributed by atoms with van der Waals surface area (Å²) >= 11 is 0. The number of nitrogens with zero attached hydrogens (tertiary/aromatic N) is 3. The lowest BCUT2D eigenvalue weighted by molar-refractivity contribution is 0.516. The molecule has 0 amide bonds. The lowest BCUT2D eigenvalue weighted by Gasteiger charge is -2.09. The molecule has 74 valence electrons. The Morgan fingerprint density at radius 3 is 2.23 bits per heavy atom. The Morgan fingerprint density at radius 1 is 1.38 bits per heavy atom. The Kier molecular flexibility index (Phi) is 2.63. The second kappa shape index (κ2) is 3.26. The van der Waals surface area contributed by atoms with Gasteiger partial charge in [-0.1, -0.05) is 0 Å². The van der Waals surface area contributed by atoms with Gasteiger partial charge in [0.1, 0.15) is 5.82 Å². The lowest BCUT2D eigenvalue weighted by Crippen LogP contribution is -2.10. The Morgan fingerprint density at radius 2 is 1.92 bits per heavy atom. The van der Waals surface area contributed by atoms with Crippen LogP contribution in [0.4, 0.5) is 0 Å². The van der Waals surface area contributed by atoms with Gasteiger partial charge in [-0.2, -0.15) is 0 Å². The van der Waals surface area contributed by atoms with Crippen molar-refractivity contribution in [2.75, 3.05) is 0 Å². The van der Waals surface area contributed by atoms with E-state index in [2.05, 4.69) is 10.2 Å². The molecule has 0 aliphatic heterocycles. The van der Waals surface area contributed by atoms with Crippen LogP contribution in [0, 0.1) is 6.92 Å². The van der Waals surface area contributed by atoms with E-state index in [1.54, 1.807) is 6.92 Å². The maximum Gasteiger partial charge on any atom is 0.296 e. The number of halogens is 1. The van der Waals surface area contributed by atoms with Crippen LogP contribution in [0.15, 0.2) is 5.16 Å². The summed E-state index contributed by atoms with van der Waals surface area (Å²) < 4.78 is 23.5. The number of aromatic nitrogens is 3. The van der Waals surface area contributed by atoms with Crippen LogP contribution >= 0.6 is 10.7 Å². The SMILES string of the molecule is Cc1nnc(S(=O)(=O)Cl)n1C(C)C. The number of hydrogen-bond acceptors (Lipinski definition) is 4. The molecule has 0 saturated heterocycles. The highest BCUT2D eigenvalue weighted by Crippen LogP contribution is 2.18. The predicted octanol–water partition coefficient (Wildman–Crippen LogP) is 1.09. The second-order valence-electron chi connectivity index (χ2n) is 2.93. The van der Waals surface area contributed by atoms with Crippen molar-refractivity contribution in [2.24, 2.45) is 0 Å². The zero-order valence-corrected chi connectivity index (χ0v) is 9.09. The van der Waals surface area contributed by atoms with Gasteiger partial charge in [-0.15, -0.1) is 10.2 Å². The maximum atomic E-state index is 11.0. The highest BCUT2D eigenvalue weighted by atomic mass is 35.7. The fourth-order valence-electron chi connectivity index (χ4n) is 1.11. The molecule has 7 heteroatoms. The molecule has 0 saturated carbocycles. The minimum absolute atomic E-state index is 0.0291. The maximum absolute atomic E-state index is 11.0. The van der Waals surface area contributed by atoms with Crippen molar-refractivity contribution in [3.8, 4) is 0 Å². The largest absolute Gasteiger partial charge is 0.299 e. The third-order valence-corrected chi connectivity index (χ3v) is 2.70. The van der Waals surface area contributed by atoms with Crippen molar-refractivity contribution in [1.82, 2.24) is 14.8 Å². The molecule has 0 atom stereocenters. The van der Waals surface area contributed by atoms with Crippen LogP contribution in [-0.4, -0.2) is 23.2 Å². The van der Waals surface area contributed by atoms with E-state index in [1.165, 1.54) is 4.57 Å². The smallest absolute Gasteiger partial charge is 0.296 e. The van der Waals surface area contributed by atoms with E-state index < -0.39 is 9.05 Å². The zero-order valence-electron chi connectivity index (χ0n) is 7.52. The first-order valence-electron chi connectivity index (χ1n) is 3.70. The summed E-state index contributed by atoms with van der Waals surface area (Å²) in [5.41, 5.74) is 0. The average molecular weight is 224 g/mol. The first-order chi connectivity index (χ1) is 5.84. The monoisotopic (exact) mass is 223 g/mol. The van der Waals surface area contributed by atoms with E-state index in [9.17, 15) is 8.42 Å². The van der Waals surface area contributed by atoms with Gasteiger partial charge in [-0.05, 0) is 20.8 Å². The lowest BCUT2D eigenvalue weighted by atomic mass is 10.4. The van der Waals surface area contributed by atoms with Gasteiger partial charge in [0.05, 0.1) is 0 Å². The van der Waals surface area contributed by atoms with Crippen LogP contribution in [0.25, 0.3) is 0 Å². The molecule has 13 heavy (non-hydrogen) atoms. The summed E-state index contributed by atoms with van der Waals surface area (Å²) in [5, 5.41) is 6.96. The third kappa shape index (κ3) is 2.00. The first kappa shape index (κ1) is 10.5. The Balaban J connectivity index is 3.40. The molecule has 1 aromatic rings. The molecule has 1 aromatic heterocycles. The van der Waals surface area contributed by atoms with Crippen molar-refractivity contribution < 1.29 is 8.42 Å². The van der Waals surface area contributed by atoms with Crippen molar-refractivity contribution in [3.05, 3.63) is 5.82 Å². The number of rotatable bonds is 2. The third-order valence-electron chi connectivity index (χ3n) is 1.57. The molecule has 0 unspecified atom stereocenters. The summed E-state index contributed by atoms with van der Waals surface area (Å²) in [6, 6.07) is -0.0291. The highest BCUT2D eigenvalue weighted by Gasteiger charge is 2.22. The molecule has 0 spiro atoms. The highest BCUT2D eigenvalue weighted by molar-refractivity contribution is 8.13. The summed E-state index contributed by atoms with van der Waals surface area (Å²) in [4.78, 5) is 0. The predicted molar refractivity (Wildman–Crippen MR) is 48.2 cm³/mol. The molecule has 1 rings (SSSR count). The van der Waals surface area contributed by atoms with Gasteiger partial charge in [0.2, 0.25) is 0 Å². The van der Waals surface area contributed by atoms with Crippen LogP contribution < -0.4 is 0 Å². The summed E-state index contributed by atoms with van der Waals surface area (Å²) in [5.74, 6) is 0.536. The second-order valence-corrected chi connectivity index (χ2v) is 5.39. The fraction of sp³-hybridized carbons (Fsp3) is 0.667. The summed E-state index contributed by atoms with van der Waals surface area (Å²) in [6.07, 6.45) is 0. The molecule has 0 aliphatic rings. The molecule has 0 aliphatic carbocycles. The van der Waals surface area contributed by atoms with Crippen LogP contribution in [0.3, 0.4) is 0 Å².